The maximum atomic E-state index is 13.1. The van der Waals surface area contributed by atoms with Gasteiger partial charge in [0.05, 0.1) is 11.8 Å². The van der Waals surface area contributed by atoms with Crippen LogP contribution in [-0.2, 0) is 5.60 Å². The van der Waals surface area contributed by atoms with Crippen LogP contribution in [0.3, 0.4) is 0 Å². The van der Waals surface area contributed by atoms with Crippen LogP contribution in [0.4, 0.5) is 4.39 Å². The molecule has 1 fully saturated rings. The second-order valence-corrected chi connectivity index (χ2v) is 3.68. The molecule has 2 rings (SSSR count). The van der Waals surface area contributed by atoms with Crippen molar-refractivity contribution in [2.45, 2.75) is 31.8 Å². The molecule has 1 aromatic rings. The zero-order chi connectivity index (χ0) is 9.47. The molecule has 1 saturated carbocycles. The Bertz CT molecular complexity index is 334. The van der Waals surface area contributed by atoms with E-state index in [1.807, 2.05) is 0 Å². The van der Waals surface area contributed by atoms with Gasteiger partial charge in [-0.2, -0.15) is 0 Å². The second-order valence-electron chi connectivity index (χ2n) is 3.68. The lowest BCUT2D eigenvalue weighted by molar-refractivity contribution is -0.0398. The van der Waals surface area contributed by atoms with Crippen LogP contribution in [0.1, 0.15) is 30.4 Å². The number of halogens is 1. The predicted molar refractivity (Wildman–Crippen MR) is 46.7 cm³/mol. The van der Waals surface area contributed by atoms with E-state index in [4.69, 9.17) is 0 Å². The van der Waals surface area contributed by atoms with Crippen LogP contribution in [-0.4, -0.2) is 10.1 Å². The molecule has 0 radical (unpaired) electrons. The van der Waals surface area contributed by atoms with Gasteiger partial charge in [0.15, 0.2) is 0 Å². The first-order chi connectivity index (χ1) is 6.13. The smallest absolute Gasteiger partial charge is 0.144 e. The minimum Gasteiger partial charge on any atom is -0.385 e. The molecular weight excluding hydrogens is 169 g/mol. The van der Waals surface area contributed by atoms with Gasteiger partial charge in [0.25, 0.3) is 0 Å². The molecule has 0 spiro atoms. The number of hydrogen-bond acceptors (Lipinski definition) is 2. The Morgan fingerprint density at radius 2 is 2.15 bits per heavy atom. The van der Waals surface area contributed by atoms with Gasteiger partial charge in [0, 0.05) is 11.8 Å². The van der Waals surface area contributed by atoms with E-state index in [9.17, 15) is 9.50 Å². The average molecular weight is 181 g/mol. The molecule has 1 heterocycles. The summed E-state index contributed by atoms with van der Waals surface area (Å²) in [6, 6.07) is 0. The van der Waals surface area contributed by atoms with E-state index in [1.54, 1.807) is 13.1 Å². The summed E-state index contributed by atoms with van der Waals surface area (Å²) in [5.74, 6) is -0.335. The Morgan fingerprint density at radius 3 is 2.69 bits per heavy atom. The molecule has 13 heavy (non-hydrogen) atoms. The lowest BCUT2D eigenvalue weighted by Gasteiger charge is -2.37. The monoisotopic (exact) mass is 181 g/mol. The Morgan fingerprint density at radius 1 is 1.46 bits per heavy atom. The standard InChI is InChI=1S/C10H12FNO/c1-7-8(5-12-6-9(7)11)10(13)3-2-4-10/h5-6,13H,2-4H2,1H3. The highest BCUT2D eigenvalue weighted by atomic mass is 19.1. The van der Waals surface area contributed by atoms with E-state index in [0.29, 0.717) is 11.1 Å². The Hall–Kier alpha value is -0.960. The van der Waals surface area contributed by atoms with Gasteiger partial charge >= 0.3 is 0 Å². The van der Waals surface area contributed by atoms with Crippen LogP contribution in [0.15, 0.2) is 12.4 Å². The summed E-state index contributed by atoms with van der Waals surface area (Å²) >= 11 is 0. The summed E-state index contributed by atoms with van der Waals surface area (Å²) in [7, 11) is 0. The molecule has 1 aliphatic carbocycles. The van der Waals surface area contributed by atoms with E-state index < -0.39 is 5.60 Å². The highest BCUT2D eigenvalue weighted by Crippen LogP contribution is 2.42. The third-order valence-corrected chi connectivity index (χ3v) is 2.84. The summed E-state index contributed by atoms with van der Waals surface area (Å²) in [6.45, 7) is 1.68. The lowest BCUT2D eigenvalue weighted by atomic mass is 9.74. The molecule has 1 aromatic heterocycles. The second kappa shape index (κ2) is 2.77. The molecule has 0 aromatic carbocycles. The zero-order valence-electron chi connectivity index (χ0n) is 7.55. The van der Waals surface area contributed by atoms with Crippen LogP contribution in [0.5, 0.6) is 0 Å². The number of aromatic nitrogens is 1. The first-order valence-corrected chi connectivity index (χ1v) is 4.46. The zero-order valence-corrected chi connectivity index (χ0v) is 7.55. The summed E-state index contributed by atoms with van der Waals surface area (Å²) < 4.78 is 13.1. The highest BCUT2D eigenvalue weighted by Gasteiger charge is 2.38. The molecule has 0 amide bonds. The number of hydrogen-bond donors (Lipinski definition) is 1. The van der Waals surface area contributed by atoms with Crippen molar-refractivity contribution in [3.63, 3.8) is 0 Å². The van der Waals surface area contributed by atoms with Crippen molar-refractivity contribution in [1.29, 1.82) is 0 Å². The van der Waals surface area contributed by atoms with Crippen molar-refractivity contribution in [2.24, 2.45) is 0 Å². The Labute approximate surface area is 76.4 Å². The topological polar surface area (TPSA) is 33.1 Å². The Kier molecular flexibility index (Phi) is 1.84. The minimum absolute atomic E-state index is 0.335. The molecule has 70 valence electrons. The lowest BCUT2D eigenvalue weighted by Crippen LogP contribution is -2.34. The van der Waals surface area contributed by atoms with Crippen LogP contribution in [0.25, 0.3) is 0 Å². The highest BCUT2D eigenvalue weighted by molar-refractivity contribution is 5.30. The van der Waals surface area contributed by atoms with Crippen molar-refractivity contribution >= 4 is 0 Å². The van der Waals surface area contributed by atoms with E-state index in [1.165, 1.54) is 6.20 Å². The SMILES string of the molecule is Cc1c(F)cncc1C1(O)CCC1. The molecule has 0 unspecified atom stereocenters. The summed E-state index contributed by atoms with van der Waals surface area (Å²) in [4.78, 5) is 3.76. The molecule has 0 saturated heterocycles. The maximum Gasteiger partial charge on any atom is 0.144 e. The van der Waals surface area contributed by atoms with Crippen LogP contribution < -0.4 is 0 Å². The van der Waals surface area contributed by atoms with Gasteiger partial charge < -0.3 is 5.11 Å². The molecule has 2 nitrogen and oxygen atoms in total. The van der Waals surface area contributed by atoms with Crippen molar-refractivity contribution in [2.75, 3.05) is 0 Å². The molecule has 0 aliphatic heterocycles. The maximum absolute atomic E-state index is 13.1. The normalized spacial score (nSPS) is 19.6. The fourth-order valence-electron chi connectivity index (χ4n) is 1.75. The number of aliphatic hydroxyl groups is 1. The first-order valence-electron chi connectivity index (χ1n) is 4.46. The number of nitrogens with zero attached hydrogens (tertiary/aromatic N) is 1. The fraction of sp³-hybridized carbons (Fsp3) is 0.500. The van der Waals surface area contributed by atoms with Crippen molar-refractivity contribution < 1.29 is 9.50 Å². The van der Waals surface area contributed by atoms with E-state index in [0.717, 1.165) is 19.3 Å². The van der Waals surface area contributed by atoms with E-state index in [2.05, 4.69) is 4.98 Å². The largest absolute Gasteiger partial charge is 0.385 e. The summed E-state index contributed by atoms with van der Waals surface area (Å²) in [6.07, 6.45) is 5.20. The van der Waals surface area contributed by atoms with Crippen LogP contribution in [0, 0.1) is 12.7 Å². The van der Waals surface area contributed by atoms with Gasteiger partial charge in [0.1, 0.15) is 5.82 Å². The van der Waals surface area contributed by atoms with Crippen LogP contribution >= 0.6 is 0 Å². The molecule has 3 heteroatoms. The summed E-state index contributed by atoms with van der Waals surface area (Å²) in [5.41, 5.74) is 0.370. The van der Waals surface area contributed by atoms with Gasteiger partial charge in [-0.1, -0.05) is 0 Å². The van der Waals surface area contributed by atoms with Gasteiger partial charge in [0.2, 0.25) is 0 Å². The number of rotatable bonds is 1. The molecule has 0 atom stereocenters. The Balaban J connectivity index is 2.45. The van der Waals surface area contributed by atoms with E-state index in [-0.39, 0.29) is 5.82 Å². The van der Waals surface area contributed by atoms with Gasteiger partial charge in [-0.25, -0.2) is 4.39 Å². The third kappa shape index (κ3) is 1.23. The van der Waals surface area contributed by atoms with Gasteiger partial charge in [-0.15, -0.1) is 0 Å². The average Bonchev–Trinajstić information content (AvgIpc) is 2.06. The van der Waals surface area contributed by atoms with Gasteiger partial charge in [-0.3, -0.25) is 4.98 Å². The van der Waals surface area contributed by atoms with E-state index >= 15 is 0 Å². The van der Waals surface area contributed by atoms with Crippen molar-refractivity contribution in [3.05, 3.63) is 29.3 Å². The third-order valence-electron chi connectivity index (χ3n) is 2.84. The molecule has 1 aliphatic rings. The van der Waals surface area contributed by atoms with Crippen molar-refractivity contribution in [1.82, 2.24) is 4.98 Å². The van der Waals surface area contributed by atoms with Crippen molar-refractivity contribution in [3.8, 4) is 0 Å². The molecular formula is C10H12FNO. The molecule has 0 bridgehead atoms. The molecule has 1 N–H and O–H groups in total. The summed E-state index contributed by atoms with van der Waals surface area (Å²) in [5, 5.41) is 9.98. The number of pyridine rings is 1. The van der Waals surface area contributed by atoms with Crippen LogP contribution in [0.2, 0.25) is 0 Å². The quantitative estimate of drug-likeness (QED) is 0.717. The fourth-order valence-corrected chi connectivity index (χ4v) is 1.75. The predicted octanol–water partition coefficient (Wildman–Crippen LogP) is 1.90. The minimum atomic E-state index is -0.806. The van der Waals surface area contributed by atoms with Gasteiger partial charge in [-0.05, 0) is 31.7 Å². The first kappa shape index (κ1) is 8.63.